The van der Waals surface area contributed by atoms with Gasteiger partial charge in [0.15, 0.2) is 0 Å². The first kappa shape index (κ1) is 19.1. The fourth-order valence-electron chi connectivity index (χ4n) is 3.85. The normalized spacial score (nSPS) is 17.9. The van der Waals surface area contributed by atoms with Gasteiger partial charge in [-0.1, -0.05) is 29.8 Å². The van der Waals surface area contributed by atoms with E-state index in [1.807, 2.05) is 49.4 Å². The standard InChI is InChI=1S/C23H25N3O3/c1-16-6-5-7-17(12-16)15-26-22(27)20(24-23(26)28)13-18-8-9-19(14-21(18)29-2)25-10-3-4-11-25/h5-9,12-14H,3-4,10-11,15H2,1-2H3,(H,24,28)/b20-13-. The number of carbonyl (C=O) groups is 2. The van der Waals surface area contributed by atoms with E-state index in [1.54, 1.807) is 13.2 Å². The average Bonchev–Trinajstić information content (AvgIpc) is 3.33. The highest BCUT2D eigenvalue weighted by molar-refractivity contribution is 6.14. The van der Waals surface area contributed by atoms with Crippen LogP contribution in [0.2, 0.25) is 0 Å². The number of methoxy groups -OCH3 is 1. The van der Waals surface area contributed by atoms with Crippen molar-refractivity contribution in [3.8, 4) is 5.75 Å². The van der Waals surface area contributed by atoms with Crippen molar-refractivity contribution < 1.29 is 14.3 Å². The molecule has 2 fully saturated rings. The molecule has 4 rings (SSSR count). The number of anilines is 1. The smallest absolute Gasteiger partial charge is 0.329 e. The molecule has 2 aliphatic rings. The molecule has 2 heterocycles. The minimum atomic E-state index is -0.407. The largest absolute Gasteiger partial charge is 0.496 e. The number of hydrogen-bond donors (Lipinski definition) is 1. The monoisotopic (exact) mass is 391 g/mol. The predicted molar refractivity (Wildman–Crippen MR) is 113 cm³/mol. The highest BCUT2D eigenvalue weighted by Crippen LogP contribution is 2.30. The minimum Gasteiger partial charge on any atom is -0.496 e. The first-order chi connectivity index (χ1) is 14.0. The first-order valence-corrected chi connectivity index (χ1v) is 9.88. The Morgan fingerprint density at radius 1 is 1.10 bits per heavy atom. The molecule has 2 aliphatic heterocycles. The van der Waals surface area contributed by atoms with Crippen molar-refractivity contribution in [1.29, 1.82) is 0 Å². The summed E-state index contributed by atoms with van der Waals surface area (Å²) in [5, 5.41) is 2.69. The van der Waals surface area contributed by atoms with Crippen LogP contribution in [0.3, 0.4) is 0 Å². The van der Waals surface area contributed by atoms with Crippen molar-refractivity contribution in [2.24, 2.45) is 0 Å². The highest BCUT2D eigenvalue weighted by Gasteiger charge is 2.33. The van der Waals surface area contributed by atoms with Crippen molar-refractivity contribution in [1.82, 2.24) is 10.2 Å². The van der Waals surface area contributed by atoms with Crippen LogP contribution >= 0.6 is 0 Å². The van der Waals surface area contributed by atoms with Crippen molar-refractivity contribution in [3.63, 3.8) is 0 Å². The lowest BCUT2D eigenvalue weighted by Crippen LogP contribution is -2.30. The summed E-state index contributed by atoms with van der Waals surface area (Å²) in [6, 6.07) is 13.3. The Balaban J connectivity index is 1.56. The number of nitrogens with zero attached hydrogens (tertiary/aromatic N) is 2. The minimum absolute atomic E-state index is 0.245. The molecule has 29 heavy (non-hydrogen) atoms. The third-order valence-electron chi connectivity index (χ3n) is 5.37. The molecule has 6 heteroatoms. The maximum atomic E-state index is 12.8. The molecule has 150 valence electrons. The van der Waals surface area contributed by atoms with Gasteiger partial charge in [0.2, 0.25) is 0 Å². The number of carbonyl (C=O) groups excluding carboxylic acids is 2. The average molecular weight is 391 g/mol. The zero-order chi connectivity index (χ0) is 20.4. The van der Waals surface area contributed by atoms with Crippen molar-refractivity contribution in [2.45, 2.75) is 26.3 Å². The van der Waals surface area contributed by atoms with E-state index in [1.165, 1.54) is 17.7 Å². The van der Waals surface area contributed by atoms with Crippen molar-refractivity contribution in [3.05, 3.63) is 64.9 Å². The Labute approximate surface area is 170 Å². The van der Waals surface area contributed by atoms with Crippen molar-refractivity contribution in [2.75, 3.05) is 25.1 Å². The van der Waals surface area contributed by atoms with Gasteiger partial charge in [0, 0.05) is 30.4 Å². The third kappa shape index (κ3) is 3.97. The van der Waals surface area contributed by atoms with Crippen LogP contribution in [0.15, 0.2) is 48.2 Å². The van der Waals surface area contributed by atoms with Crippen LogP contribution in [0.1, 0.15) is 29.5 Å². The van der Waals surface area contributed by atoms with Gasteiger partial charge in [-0.3, -0.25) is 9.69 Å². The van der Waals surface area contributed by atoms with Crippen molar-refractivity contribution >= 4 is 23.7 Å². The second kappa shape index (κ2) is 7.99. The lowest BCUT2D eigenvalue weighted by molar-refractivity contribution is -0.123. The molecule has 0 aliphatic carbocycles. The quantitative estimate of drug-likeness (QED) is 0.624. The van der Waals surface area contributed by atoms with E-state index in [9.17, 15) is 9.59 Å². The molecule has 6 nitrogen and oxygen atoms in total. The van der Waals surface area contributed by atoms with Crippen LogP contribution in [0.5, 0.6) is 5.75 Å². The van der Waals surface area contributed by atoms with Crippen LogP contribution < -0.4 is 15.0 Å². The molecule has 0 spiro atoms. The summed E-state index contributed by atoms with van der Waals surface area (Å²) in [4.78, 5) is 28.7. The molecule has 0 aromatic heterocycles. The van der Waals surface area contributed by atoms with Crippen LogP contribution in [0.25, 0.3) is 6.08 Å². The summed E-state index contributed by atoms with van der Waals surface area (Å²) < 4.78 is 5.54. The highest BCUT2D eigenvalue weighted by atomic mass is 16.5. The molecular formula is C23H25N3O3. The second-order valence-corrected chi connectivity index (χ2v) is 7.49. The van der Waals surface area contributed by atoms with E-state index in [2.05, 4.69) is 10.2 Å². The Kier molecular flexibility index (Phi) is 5.25. The Morgan fingerprint density at radius 3 is 2.62 bits per heavy atom. The Hall–Kier alpha value is -3.28. The molecule has 0 bridgehead atoms. The van der Waals surface area contributed by atoms with Gasteiger partial charge in [-0.2, -0.15) is 0 Å². The third-order valence-corrected chi connectivity index (χ3v) is 5.37. The molecule has 0 unspecified atom stereocenters. The fourth-order valence-corrected chi connectivity index (χ4v) is 3.85. The van der Waals surface area contributed by atoms with E-state index in [0.717, 1.165) is 35.5 Å². The number of imide groups is 1. The number of hydrogen-bond acceptors (Lipinski definition) is 4. The van der Waals surface area contributed by atoms with E-state index in [-0.39, 0.29) is 18.1 Å². The molecule has 0 radical (unpaired) electrons. The lowest BCUT2D eigenvalue weighted by atomic mass is 10.1. The number of ether oxygens (including phenoxy) is 1. The number of urea groups is 1. The van der Waals surface area contributed by atoms with Gasteiger partial charge in [-0.05, 0) is 43.5 Å². The van der Waals surface area contributed by atoms with Gasteiger partial charge in [0.25, 0.3) is 5.91 Å². The van der Waals surface area contributed by atoms with Crippen LogP contribution in [0.4, 0.5) is 10.5 Å². The van der Waals surface area contributed by atoms with Crippen LogP contribution in [0, 0.1) is 6.92 Å². The summed E-state index contributed by atoms with van der Waals surface area (Å²) >= 11 is 0. The van der Waals surface area contributed by atoms with Gasteiger partial charge in [-0.15, -0.1) is 0 Å². The van der Waals surface area contributed by atoms with Crippen LogP contribution in [-0.2, 0) is 11.3 Å². The molecule has 2 aromatic rings. The topological polar surface area (TPSA) is 61.9 Å². The van der Waals surface area contributed by atoms with E-state index in [4.69, 9.17) is 4.74 Å². The molecule has 0 atom stereocenters. The van der Waals surface area contributed by atoms with E-state index < -0.39 is 6.03 Å². The van der Waals surface area contributed by atoms with E-state index in [0.29, 0.717) is 5.75 Å². The Bertz CT molecular complexity index is 977. The zero-order valence-corrected chi connectivity index (χ0v) is 16.8. The van der Waals surface area contributed by atoms with Gasteiger partial charge < -0.3 is 15.0 Å². The Morgan fingerprint density at radius 2 is 1.90 bits per heavy atom. The fraction of sp³-hybridized carbons (Fsp3) is 0.304. The second-order valence-electron chi connectivity index (χ2n) is 7.49. The number of nitrogens with one attached hydrogen (secondary N) is 1. The lowest BCUT2D eigenvalue weighted by Gasteiger charge is -2.19. The maximum Gasteiger partial charge on any atom is 0.329 e. The van der Waals surface area contributed by atoms with Gasteiger partial charge in [0.1, 0.15) is 11.4 Å². The van der Waals surface area contributed by atoms with Gasteiger partial charge >= 0.3 is 6.03 Å². The zero-order valence-electron chi connectivity index (χ0n) is 16.8. The molecule has 2 saturated heterocycles. The summed E-state index contributed by atoms with van der Waals surface area (Å²) in [5.74, 6) is 0.350. The summed E-state index contributed by atoms with van der Waals surface area (Å²) in [5.41, 5.74) is 4.14. The molecule has 2 aromatic carbocycles. The number of rotatable bonds is 5. The summed E-state index contributed by atoms with van der Waals surface area (Å²) in [6.45, 7) is 4.33. The molecule has 0 saturated carbocycles. The molecule has 1 N–H and O–H groups in total. The number of amides is 3. The summed E-state index contributed by atoms with van der Waals surface area (Å²) in [7, 11) is 1.62. The first-order valence-electron chi connectivity index (χ1n) is 9.88. The van der Waals surface area contributed by atoms with Gasteiger partial charge in [-0.25, -0.2) is 4.79 Å². The van der Waals surface area contributed by atoms with Crippen LogP contribution in [-0.4, -0.2) is 37.0 Å². The predicted octanol–water partition coefficient (Wildman–Crippen LogP) is 3.70. The van der Waals surface area contributed by atoms with E-state index >= 15 is 0 Å². The maximum absolute atomic E-state index is 12.8. The SMILES string of the molecule is COc1cc(N2CCCC2)ccc1/C=C1\NC(=O)N(Cc2cccc(C)c2)C1=O. The molecular weight excluding hydrogens is 366 g/mol. The number of aryl methyl sites for hydroxylation is 1. The number of benzene rings is 2. The molecule has 3 amide bonds. The summed E-state index contributed by atoms with van der Waals surface area (Å²) in [6.07, 6.45) is 4.08. The van der Waals surface area contributed by atoms with Gasteiger partial charge in [0.05, 0.1) is 13.7 Å².